The average molecular weight is 142 g/mol. The van der Waals surface area contributed by atoms with Crippen molar-refractivity contribution >= 4 is 5.91 Å². The van der Waals surface area contributed by atoms with Gasteiger partial charge in [0.05, 0.1) is 11.5 Å². The summed E-state index contributed by atoms with van der Waals surface area (Å²) in [5, 5.41) is 2.77. The quantitative estimate of drug-likeness (QED) is 0.501. The highest BCUT2D eigenvalue weighted by atomic mass is 16.2. The second kappa shape index (κ2) is 1.95. The Morgan fingerprint density at radius 3 is 2.30 bits per heavy atom. The second-order valence-electron chi connectivity index (χ2n) is 3.53. The number of nitrogens with two attached hydrogens (primary N) is 1. The fourth-order valence-corrected chi connectivity index (χ4v) is 1.36. The number of hydrogen-bond donors (Lipinski definition) is 2. The van der Waals surface area contributed by atoms with Crippen LogP contribution in [-0.2, 0) is 4.79 Å². The van der Waals surface area contributed by atoms with E-state index < -0.39 is 0 Å². The Hall–Kier alpha value is -0.570. The van der Waals surface area contributed by atoms with Crippen molar-refractivity contribution < 1.29 is 4.79 Å². The number of amides is 1. The maximum atomic E-state index is 10.9. The van der Waals surface area contributed by atoms with E-state index in [0.717, 1.165) is 0 Å². The fraction of sp³-hybridized carbons (Fsp3) is 0.857. The molecule has 0 aromatic rings. The molecule has 0 spiro atoms. The van der Waals surface area contributed by atoms with E-state index in [1.807, 2.05) is 20.8 Å². The molecular formula is C7H14N2O. The van der Waals surface area contributed by atoms with Crippen LogP contribution in [0.1, 0.15) is 20.8 Å². The van der Waals surface area contributed by atoms with E-state index >= 15 is 0 Å². The van der Waals surface area contributed by atoms with Crippen molar-refractivity contribution in [2.75, 3.05) is 0 Å². The zero-order chi connectivity index (χ0) is 7.94. The number of rotatable bonds is 1. The van der Waals surface area contributed by atoms with Gasteiger partial charge < -0.3 is 11.1 Å². The highest BCUT2D eigenvalue weighted by Crippen LogP contribution is 2.30. The van der Waals surface area contributed by atoms with Gasteiger partial charge in [0.1, 0.15) is 0 Å². The van der Waals surface area contributed by atoms with Crippen molar-refractivity contribution in [3.8, 4) is 0 Å². The van der Waals surface area contributed by atoms with Crippen LogP contribution in [0.25, 0.3) is 0 Å². The predicted molar refractivity (Wildman–Crippen MR) is 39.4 cm³/mol. The van der Waals surface area contributed by atoms with Crippen LogP contribution in [0.15, 0.2) is 0 Å². The summed E-state index contributed by atoms with van der Waals surface area (Å²) >= 11 is 0. The Kier molecular flexibility index (Phi) is 1.47. The monoisotopic (exact) mass is 142 g/mol. The molecule has 0 radical (unpaired) electrons. The average Bonchev–Trinajstić information content (AvgIpc) is 1.82. The minimum Gasteiger partial charge on any atom is -0.350 e. The van der Waals surface area contributed by atoms with Gasteiger partial charge in [0.25, 0.3) is 0 Å². The third-order valence-corrected chi connectivity index (χ3v) is 2.18. The maximum Gasteiger partial charge on any atom is 0.228 e. The molecule has 1 aliphatic rings. The Morgan fingerprint density at radius 1 is 1.70 bits per heavy atom. The molecule has 1 amide bonds. The lowest BCUT2D eigenvalue weighted by atomic mass is 9.73. The molecule has 0 aromatic heterocycles. The summed E-state index contributed by atoms with van der Waals surface area (Å²) in [4.78, 5) is 10.9. The molecule has 2 atom stereocenters. The molecule has 1 rings (SSSR count). The summed E-state index contributed by atoms with van der Waals surface area (Å²) in [6, 6.07) is 0.202. The van der Waals surface area contributed by atoms with Crippen LogP contribution in [0.5, 0.6) is 0 Å². The highest BCUT2D eigenvalue weighted by molar-refractivity contribution is 5.89. The van der Waals surface area contributed by atoms with E-state index in [0.29, 0.717) is 0 Å². The molecule has 3 N–H and O–H groups in total. The molecule has 0 aromatic carbocycles. The number of carbonyl (C=O) groups is 1. The van der Waals surface area contributed by atoms with Gasteiger partial charge in [0.15, 0.2) is 0 Å². The molecule has 58 valence electrons. The lowest BCUT2D eigenvalue weighted by molar-refractivity contribution is -0.143. The number of nitrogens with one attached hydrogen (secondary N) is 1. The van der Waals surface area contributed by atoms with Gasteiger partial charge >= 0.3 is 0 Å². The van der Waals surface area contributed by atoms with Crippen molar-refractivity contribution in [2.24, 2.45) is 11.1 Å². The summed E-state index contributed by atoms with van der Waals surface area (Å²) in [5.41, 5.74) is 5.37. The Labute approximate surface area is 61.0 Å². The van der Waals surface area contributed by atoms with Crippen molar-refractivity contribution in [1.29, 1.82) is 0 Å². The van der Waals surface area contributed by atoms with Crippen molar-refractivity contribution in [2.45, 2.75) is 32.9 Å². The van der Waals surface area contributed by atoms with E-state index in [1.54, 1.807) is 0 Å². The maximum absolute atomic E-state index is 10.9. The molecule has 0 saturated carbocycles. The van der Waals surface area contributed by atoms with Gasteiger partial charge in [-0.1, -0.05) is 0 Å². The molecule has 2 unspecified atom stereocenters. The number of β-lactam (4-membered cyclic amide) rings is 1. The van der Waals surface area contributed by atoms with E-state index in [1.165, 1.54) is 0 Å². The predicted octanol–water partition coefficient (Wildman–Crippen LogP) is -0.142. The molecule has 0 bridgehead atoms. The molecule has 10 heavy (non-hydrogen) atoms. The first-order chi connectivity index (χ1) is 4.46. The van der Waals surface area contributed by atoms with E-state index in [2.05, 4.69) is 5.32 Å². The second-order valence-corrected chi connectivity index (χ2v) is 3.53. The van der Waals surface area contributed by atoms with Crippen LogP contribution >= 0.6 is 0 Å². The summed E-state index contributed by atoms with van der Waals surface area (Å²) in [6.07, 6.45) is 0. The molecule has 3 nitrogen and oxygen atoms in total. The van der Waals surface area contributed by atoms with Crippen molar-refractivity contribution in [1.82, 2.24) is 5.32 Å². The molecule has 1 saturated heterocycles. The van der Waals surface area contributed by atoms with Crippen LogP contribution in [0.4, 0.5) is 0 Å². The molecular weight excluding hydrogens is 128 g/mol. The normalized spacial score (nSPS) is 32.4. The summed E-state index contributed by atoms with van der Waals surface area (Å²) in [6.45, 7) is 5.74. The third kappa shape index (κ3) is 0.814. The third-order valence-electron chi connectivity index (χ3n) is 2.18. The van der Waals surface area contributed by atoms with E-state index in [9.17, 15) is 4.79 Å². The first-order valence-electron chi connectivity index (χ1n) is 3.53. The summed E-state index contributed by atoms with van der Waals surface area (Å²) < 4.78 is 0. The topological polar surface area (TPSA) is 55.1 Å². The summed E-state index contributed by atoms with van der Waals surface area (Å²) in [5.74, 6) is 0.106. The van der Waals surface area contributed by atoms with Crippen LogP contribution in [-0.4, -0.2) is 18.0 Å². The van der Waals surface area contributed by atoms with Crippen LogP contribution < -0.4 is 11.1 Å². The van der Waals surface area contributed by atoms with Crippen LogP contribution in [0.2, 0.25) is 0 Å². The van der Waals surface area contributed by atoms with Crippen molar-refractivity contribution in [3.63, 3.8) is 0 Å². The van der Waals surface area contributed by atoms with Gasteiger partial charge in [0, 0.05) is 6.04 Å². The molecule has 0 aliphatic carbocycles. The van der Waals surface area contributed by atoms with Crippen molar-refractivity contribution in [3.05, 3.63) is 0 Å². The van der Waals surface area contributed by atoms with Gasteiger partial charge in [-0.25, -0.2) is 0 Å². The number of carbonyl (C=O) groups excluding carboxylic acids is 1. The smallest absolute Gasteiger partial charge is 0.228 e. The summed E-state index contributed by atoms with van der Waals surface area (Å²) in [7, 11) is 0. The largest absolute Gasteiger partial charge is 0.350 e. The minimum atomic E-state index is -0.256. The van der Waals surface area contributed by atoms with Gasteiger partial charge in [-0.05, 0) is 20.8 Å². The first-order valence-corrected chi connectivity index (χ1v) is 3.53. The zero-order valence-corrected chi connectivity index (χ0v) is 6.64. The Balaban J connectivity index is 2.63. The van der Waals surface area contributed by atoms with Gasteiger partial charge in [-0.2, -0.15) is 0 Å². The van der Waals surface area contributed by atoms with Gasteiger partial charge in [-0.15, -0.1) is 0 Å². The lowest BCUT2D eigenvalue weighted by Crippen LogP contribution is -2.69. The molecule has 1 aliphatic heterocycles. The first kappa shape index (κ1) is 7.54. The van der Waals surface area contributed by atoms with E-state index in [-0.39, 0.29) is 23.4 Å². The Morgan fingerprint density at radius 2 is 2.20 bits per heavy atom. The van der Waals surface area contributed by atoms with Crippen LogP contribution in [0.3, 0.4) is 0 Å². The zero-order valence-electron chi connectivity index (χ0n) is 6.64. The standard InChI is InChI=1S/C7H14N2O/c1-4(8)5-7(2,3)6(10)9-5/h4-5H,8H2,1-3H3,(H,9,10). The van der Waals surface area contributed by atoms with E-state index in [4.69, 9.17) is 5.73 Å². The fourth-order valence-electron chi connectivity index (χ4n) is 1.36. The molecule has 1 heterocycles. The van der Waals surface area contributed by atoms with Gasteiger partial charge in [0.2, 0.25) is 5.91 Å². The number of hydrogen-bond acceptors (Lipinski definition) is 2. The molecule has 3 heteroatoms. The Bertz CT molecular complexity index is 163. The highest BCUT2D eigenvalue weighted by Gasteiger charge is 2.48. The lowest BCUT2D eigenvalue weighted by Gasteiger charge is -2.45. The SMILES string of the molecule is CC(N)C1NC(=O)C1(C)C. The molecule has 1 fully saturated rings. The minimum absolute atomic E-state index is 0.0488. The van der Waals surface area contributed by atoms with Crippen LogP contribution in [0, 0.1) is 5.41 Å². The van der Waals surface area contributed by atoms with Gasteiger partial charge in [-0.3, -0.25) is 4.79 Å².